The molecule has 0 bridgehead atoms. The second-order valence-electron chi connectivity index (χ2n) is 11.3. The van der Waals surface area contributed by atoms with Crippen LogP contribution in [-0.2, 0) is 19.1 Å². The molecule has 2 heterocycles. The van der Waals surface area contributed by atoms with Gasteiger partial charge in [-0.15, -0.1) is 0 Å². The van der Waals surface area contributed by atoms with Crippen molar-refractivity contribution in [1.82, 2.24) is 9.80 Å². The highest BCUT2D eigenvalue weighted by molar-refractivity contribution is 8.26. The molecule has 15 heteroatoms. The van der Waals surface area contributed by atoms with E-state index in [1.807, 2.05) is 0 Å². The molecule has 3 N–H and O–H groups in total. The molecule has 0 radical (unpaired) electrons. The Balaban J connectivity index is 1.21. The van der Waals surface area contributed by atoms with Crippen LogP contribution in [0.1, 0.15) is 22.3 Å². The summed E-state index contributed by atoms with van der Waals surface area (Å²) in [5.74, 6) is -2.93. The van der Waals surface area contributed by atoms with Gasteiger partial charge in [-0.05, 0) is 65.7 Å². The van der Waals surface area contributed by atoms with E-state index in [4.69, 9.17) is 31.5 Å². The van der Waals surface area contributed by atoms with Crippen molar-refractivity contribution in [2.75, 3.05) is 64.5 Å². The Bertz CT molecular complexity index is 1750. The van der Waals surface area contributed by atoms with Gasteiger partial charge in [0.15, 0.2) is 11.6 Å². The van der Waals surface area contributed by atoms with Crippen molar-refractivity contribution in [2.45, 2.75) is 12.5 Å². The minimum atomic E-state index is -1.17. The van der Waals surface area contributed by atoms with Gasteiger partial charge >= 0.3 is 5.97 Å². The molecule has 2 aliphatic rings. The van der Waals surface area contributed by atoms with Crippen LogP contribution in [0, 0.1) is 11.6 Å². The van der Waals surface area contributed by atoms with E-state index in [0.29, 0.717) is 59.4 Å². The zero-order valence-corrected chi connectivity index (χ0v) is 28.4. The molecule has 3 aromatic carbocycles. The van der Waals surface area contributed by atoms with E-state index in [-0.39, 0.29) is 41.3 Å². The second kappa shape index (κ2) is 17.6. The van der Waals surface area contributed by atoms with Crippen molar-refractivity contribution in [3.05, 3.63) is 88.3 Å². The van der Waals surface area contributed by atoms with Gasteiger partial charge in [-0.2, -0.15) is 0 Å². The number of rotatable bonds is 14. The summed E-state index contributed by atoms with van der Waals surface area (Å²) in [6.07, 6.45) is 0.421. The number of benzene rings is 3. The van der Waals surface area contributed by atoms with Crippen LogP contribution in [0.5, 0.6) is 5.75 Å². The highest BCUT2D eigenvalue weighted by Gasteiger charge is 2.32. The fourth-order valence-electron chi connectivity index (χ4n) is 5.04. The highest BCUT2D eigenvalue weighted by atomic mass is 32.2. The van der Waals surface area contributed by atoms with Crippen molar-refractivity contribution in [3.8, 4) is 16.9 Å². The number of hydrogen-bond acceptors (Lipinski definition) is 11. The van der Waals surface area contributed by atoms with Gasteiger partial charge in [-0.1, -0.05) is 36.1 Å². The SMILES string of the molecule is O=C(CCN1C(=O)C(=Cc2ccc(OCCN3CCOCC3)c(-c3ccc(F)c(F)c3)c2)SC1=S)Nc1ccc(C(=O)OCC(O)CO)cc1. The number of nitrogens with one attached hydrogen (secondary N) is 1. The number of carbonyl (C=O) groups excluding carboxylic acids is 3. The standard InChI is InChI=1S/C35H35F2N3O8S2/c36-28-7-4-24(19-29(28)37)27-17-22(1-8-30(27)47-16-13-39-11-14-46-15-12-39)18-31-33(44)40(35(49)50-31)10-9-32(43)38-25-5-2-23(3-6-25)34(45)48-21-26(42)20-41/h1-8,17-19,26,41-42H,9-16,20-21H2,(H,38,43). The third-order valence-corrected chi connectivity index (χ3v) is 9.14. The van der Waals surface area contributed by atoms with Crippen molar-refractivity contribution in [1.29, 1.82) is 0 Å². The number of aliphatic hydroxyl groups excluding tert-OH is 2. The first-order chi connectivity index (χ1) is 24.1. The average molecular weight is 728 g/mol. The molecule has 50 heavy (non-hydrogen) atoms. The molecule has 5 rings (SSSR count). The third kappa shape index (κ3) is 9.93. The Morgan fingerprint density at radius 3 is 2.52 bits per heavy atom. The highest BCUT2D eigenvalue weighted by Crippen LogP contribution is 2.36. The van der Waals surface area contributed by atoms with Gasteiger partial charge in [0.2, 0.25) is 5.91 Å². The summed E-state index contributed by atoms with van der Waals surface area (Å²) < 4.78 is 44.7. The molecule has 11 nitrogen and oxygen atoms in total. The lowest BCUT2D eigenvalue weighted by Crippen LogP contribution is -2.38. The van der Waals surface area contributed by atoms with Gasteiger partial charge in [0.05, 0.1) is 30.3 Å². The molecule has 0 aliphatic carbocycles. The summed E-state index contributed by atoms with van der Waals surface area (Å²) in [7, 11) is 0. The van der Waals surface area contributed by atoms with Gasteiger partial charge in [0, 0.05) is 43.9 Å². The largest absolute Gasteiger partial charge is 0.492 e. The molecule has 2 aliphatic heterocycles. The summed E-state index contributed by atoms with van der Waals surface area (Å²) in [5, 5.41) is 20.9. The molecule has 3 aromatic rings. The quantitative estimate of drug-likeness (QED) is 0.126. The molecule has 0 spiro atoms. The number of nitrogens with zero attached hydrogens (tertiary/aromatic N) is 2. The Morgan fingerprint density at radius 1 is 1.04 bits per heavy atom. The lowest BCUT2D eigenvalue weighted by atomic mass is 10.0. The molecule has 1 atom stereocenters. The number of hydrogen-bond donors (Lipinski definition) is 3. The van der Waals surface area contributed by atoms with E-state index in [2.05, 4.69) is 10.2 Å². The molecule has 2 saturated heterocycles. The first kappa shape index (κ1) is 37.0. The smallest absolute Gasteiger partial charge is 0.338 e. The Kier molecular flexibility index (Phi) is 13.0. The minimum absolute atomic E-state index is 0.0292. The zero-order valence-electron chi connectivity index (χ0n) is 26.8. The fourth-order valence-corrected chi connectivity index (χ4v) is 6.35. The van der Waals surface area contributed by atoms with Crippen LogP contribution in [0.3, 0.4) is 0 Å². The van der Waals surface area contributed by atoms with E-state index >= 15 is 0 Å². The van der Waals surface area contributed by atoms with E-state index in [1.54, 1.807) is 24.3 Å². The van der Waals surface area contributed by atoms with E-state index in [9.17, 15) is 28.3 Å². The maximum atomic E-state index is 14.2. The molecule has 0 aromatic heterocycles. The molecule has 264 valence electrons. The van der Waals surface area contributed by atoms with Crippen molar-refractivity contribution in [3.63, 3.8) is 0 Å². The van der Waals surface area contributed by atoms with Gasteiger partial charge < -0.3 is 29.7 Å². The van der Waals surface area contributed by atoms with Gasteiger partial charge in [0.25, 0.3) is 5.91 Å². The number of halogens is 2. The Labute approximate surface area is 296 Å². The number of morpholine rings is 1. The number of thioether (sulfide) groups is 1. The zero-order chi connectivity index (χ0) is 35.6. The second-order valence-corrected chi connectivity index (χ2v) is 13.0. The van der Waals surface area contributed by atoms with Crippen molar-refractivity contribution in [2.24, 2.45) is 0 Å². The predicted molar refractivity (Wildman–Crippen MR) is 187 cm³/mol. The van der Waals surface area contributed by atoms with Crippen LogP contribution in [0.25, 0.3) is 17.2 Å². The first-order valence-electron chi connectivity index (χ1n) is 15.7. The van der Waals surface area contributed by atoms with Crippen LogP contribution in [0.4, 0.5) is 14.5 Å². The lowest BCUT2D eigenvalue weighted by Gasteiger charge is -2.26. The molecule has 2 amide bonds. The molecule has 0 saturated carbocycles. The number of esters is 1. The third-order valence-electron chi connectivity index (χ3n) is 7.76. The number of aliphatic hydroxyl groups is 2. The number of thiocarbonyl (C=S) groups is 1. The Morgan fingerprint density at radius 2 is 1.80 bits per heavy atom. The van der Waals surface area contributed by atoms with Crippen LogP contribution in [0.15, 0.2) is 65.6 Å². The normalized spacial score (nSPS) is 16.5. The number of carbonyl (C=O) groups is 3. The molecule has 2 fully saturated rings. The van der Waals surface area contributed by atoms with Gasteiger partial charge in [-0.3, -0.25) is 19.4 Å². The van der Waals surface area contributed by atoms with E-state index in [1.165, 1.54) is 35.2 Å². The number of anilines is 1. The average Bonchev–Trinajstić information content (AvgIpc) is 3.39. The van der Waals surface area contributed by atoms with Crippen molar-refractivity contribution < 1.29 is 47.6 Å². The fraction of sp³-hybridized carbons (Fsp3) is 0.314. The summed E-state index contributed by atoms with van der Waals surface area (Å²) >= 11 is 6.53. The van der Waals surface area contributed by atoms with Gasteiger partial charge in [-0.25, -0.2) is 13.6 Å². The van der Waals surface area contributed by atoms with E-state index in [0.717, 1.165) is 37.0 Å². The molecular weight excluding hydrogens is 693 g/mol. The topological polar surface area (TPSA) is 138 Å². The number of ether oxygens (including phenoxy) is 3. The number of amides is 2. The maximum Gasteiger partial charge on any atom is 0.338 e. The first-order valence-corrected chi connectivity index (χ1v) is 17.0. The van der Waals surface area contributed by atoms with Gasteiger partial charge in [0.1, 0.15) is 29.4 Å². The van der Waals surface area contributed by atoms with Crippen LogP contribution < -0.4 is 10.1 Å². The summed E-state index contributed by atoms with van der Waals surface area (Å²) in [4.78, 5) is 41.9. The predicted octanol–water partition coefficient (Wildman–Crippen LogP) is 4.08. The Hall–Kier alpha value is -4.25. The van der Waals surface area contributed by atoms with Crippen molar-refractivity contribution >= 4 is 57.8 Å². The molecule has 1 unspecified atom stereocenters. The molecular formula is C35H35F2N3O8S2. The van der Waals surface area contributed by atoms with Crippen LogP contribution in [-0.4, -0.2) is 107 Å². The monoisotopic (exact) mass is 727 g/mol. The maximum absolute atomic E-state index is 14.2. The minimum Gasteiger partial charge on any atom is -0.492 e. The van der Waals surface area contributed by atoms with Crippen LogP contribution >= 0.6 is 24.0 Å². The lowest BCUT2D eigenvalue weighted by molar-refractivity contribution is -0.122. The summed E-state index contributed by atoms with van der Waals surface area (Å²) in [5.41, 5.74) is 2.15. The van der Waals surface area contributed by atoms with E-state index < -0.39 is 30.3 Å². The summed E-state index contributed by atoms with van der Waals surface area (Å²) in [6, 6.07) is 14.7. The summed E-state index contributed by atoms with van der Waals surface area (Å²) in [6.45, 7) is 3.11. The van der Waals surface area contributed by atoms with Crippen LogP contribution in [0.2, 0.25) is 0 Å².